The molecule has 25 heavy (non-hydrogen) atoms. The second-order valence-electron chi connectivity index (χ2n) is 6.67. The monoisotopic (exact) mass is 345 g/mol. The third-order valence-corrected chi connectivity index (χ3v) is 4.95. The lowest BCUT2D eigenvalue weighted by molar-refractivity contribution is -0.126. The van der Waals surface area contributed by atoms with E-state index < -0.39 is 6.04 Å². The number of hydrogen-bond acceptors (Lipinski definition) is 4. The highest BCUT2D eigenvalue weighted by atomic mass is 16.5. The van der Waals surface area contributed by atoms with Crippen LogP contribution in [0.3, 0.4) is 0 Å². The van der Waals surface area contributed by atoms with E-state index in [9.17, 15) is 9.59 Å². The Bertz CT molecular complexity index is 614. The lowest BCUT2D eigenvalue weighted by Crippen LogP contribution is -2.50. The molecule has 0 radical (unpaired) electrons. The van der Waals surface area contributed by atoms with E-state index in [4.69, 9.17) is 4.74 Å². The Morgan fingerprint density at radius 2 is 2.00 bits per heavy atom. The van der Waals surface area contributed by atoms with E-state index in [1.54, 1.807) is 4.90 Å². The number of morpholine rings is 1. The molecular formula is C19H27N3O3. The maximum Gasteiger partial charge on any atom is 0.242 e. The molecule has 0 unspecified atom stereocenters. The first-order valence-corrected chi connectivity index (χ1v) is 9.14. The van der Waals surface area contributed by atoms with E-state index in [2.05, 4.69) is 10.2 Å². The second kappa shape index (κ2) is 8.45. The van der Waals surface area contributed by atoms with Crippen molar-refractivity contribution in [1.82, 2.24) is 10.2 Å². The van der Waals surface area contributed by atoms with Crippen LogP contribution < -0.4 is 10.2 Å². The summed E-state index contributed by atoms with van der Waals surface area (Å²) in [6.45, 7) is 6.53. The van der Waals surface area contributed by atoms with Gasteiger partial charge in [0.2, 0.25) is 11.8 Å². The molecule has 2 amide bonds. The van der Waals surface area contributed by atoms with Crippen molar-refractivity contribution in [2.24, 2.45) is 0 Å². The highest BCUT2D eigenvalue weighted by molar-refractivity contribution is 6.01. The fourth-order valence-electron chi connectivity index (χ4n) is 3.49. The molecule has 0 bridgehead atoms. The molecule has 136 valence electrons. The van der Waals surface area contributed by atoms with Gasteiger partial charge in [-0.05, 0) is 31.4 Å². The molecule has 0 spiro atoms. The minimum Gasteiger partial charge on any atom is -0.379 e. The van der Waals surface area contributed by atoms with Gasteiger partial charge in [-0.15, -0.1) is 0 Å². The highest BCUT2D eigenvalue weighted by Crippen LogP contribution is 2.28. The Morgan fingerprint density at radius 3 is 2.80 bits per heavy atom. The standard InChI is InChI=1S/C19H27N3O3/c1-15(19(24)20-9-10-21-11-13-25-14-12-21)22-17-7-3-2-5-16(17)6-4-8-18(22)23/h2-3,5,7,15H,4,6,8-14H2,1H3,(H,20,24)/t15-/m1/s1. The summed E-state index contributed by atoms with van der Waals surface area (Å²) in [5.41, 5.74) is 2.02. The summed E-state index contributed by atoms with van der Waals surface area (Å²) in [6, 6.07) is 7.39. The summed E-state index contributed by atoms with van der Waals surface area (Å²) in [4.78, 5) is 29.1. The maximum absolute atomic E-state index is 12.6. The molecule has 1 N–H and O–H groups in total. The Balaban J connectivity index is 1.61. The van der Waals surface area contributed by atoms with Crippen molar-refractivity contribution in [2.75, 3.05) is 44.3 Å². The third kappa shape index (κ3) is 4.38. The van der Waals surface area contributed by atoms with Crippen LogP contribution in [-0.2, 0) is 20.7 Å². The third-order valence-electron chi connectivity index (χ3n) is 4.95. The first-order chi connectivity index (χ1) is 12.2. The Kier molecular flexibility index (Phi) is 6.04. The molecule has 3 rings (SSSR count). The van der Waals surface area contributed by atoms with Gasteiger partial charge in [-0.2, -0.15) is 0 Å². The number of hydrogen-bond donors (Lipinski definition) is 1. The van der Waals surface area contributed by atoms with E-state index in [-0.39, 0.29) is 11.8 Å². The van der Waals surface area contributed by atoms with Crippen molar-refractivity contribution in [2.45, 2.75) is 32.2 Å². The van der Waals surface area contributed by atoms with Gasteiger partial charge in [-0.25, -0.2) is 0 Å². The second-order valence-corrected chi connectivity index (χ2v) is 6.67. The van der Waals surface area contributed by atoms with Crippen LogP contribution in [0, 0.1) is 0 Å². The fraction of sp³-hybridized carbons (Fsp3) is 0.579. The SMILES string of the molecule is C[C@H](C(=O)NCCN1CCOCC1)N1C(=O)CCCc2ccccc21. The minimum absolute atomic E-state index is 0.0285. The van der Waals surface area contributed by atoms with Crippen molar-refractivity contribution >= 4 is 17.5 Å². The molecule has 0 saturated carbocycles. The molecule has 0 aliphatic carbocycles. The van der Waals surface area contributed by atoms with Crippen LogP contribution in [0.15, 0.2) is 24.3 Å². The van der Waals surface area contributed by atoms with Gasteiger partial charge in [0.25, 0.3) is 0 Å². The summed E-state index contributed by atoms with van der Waals surface area (Å²) in [6.07, 6.45) is 2.20. The largest absolute Gasteiger partial charge is 0.379 e. The number of anilines is 1. The van der Waals surface area contributed by atoms with Crippen LogP contribution in [-0.4, -0.2) is 62.1 Å². The van der Waals surface area contributed by atoms with Crippen LogP contribution in [0.4, 0.5) is 5.69 Å². The summed E-state index contributed by atoms with van der Waals surface area (Å²) < 4.78 is 5.33. The predicted octanol–water partition coefficient (Wildman–Crippen LogP) is 1.19. The number of carbonyl (C=O) groups excluding carboxylic acids is 2. The molecule has 6 heteroatoms. The van der Waals surface area contributed by atoms with Gasteiger partial charge in [0.15, 0.2) is 0 Å². The van der Waals surface area contributed by atoms with Gasteiger partial charge >= 0.3 is 0 Å². The number of amides is 2. The van der Waals surface area contributed by atoms with Crippen LogP contribution in [0.1, 0.15) is 25.3 Å². The first kappa shape index (κ1) is 17.9. The quantitative estimate of drug-likeness (QED) is 0.871. The lowest BCUT2D eigenvalue weighted by atomic mass is 10.1. The van der Waals surface area contributed by atoms with Crippen LogP contribution in [0.2, 0.25) is 0 Å². The van der Waals surface area contributed by atoms with E-state index in [1.807, 2.05) is 31.2 Å². The first-order valence-electron chi connectivity index (χ1n) is 9.14. The number of para-hydroxylation sites is 1. The molecule has 1 saturated heterocycles. The van der Waals surface area contributed by atoms with Crippen molar-refractivity contribution in [3.63, 3.8) is 0 Å². The molecule has 1 fully saturated rings. The smallest absolute Gasteiger partial charge is 0.242 e. The van der Waals surface area contributed by atoms with E-state index in [1.165, 1.54) is 0 Å². The molecule has 2 heterocycles. The summed E-state index contributed by atoms with van der Waals surface area (Å²) in [7, 11) is 0. The number of rotatable bonds is 5. The van der Waals surface area contributed by atoms with Crippen molar-refractivity contribution in [3.05, 3.63) is 29.8 Å². The number of carbonyl (C=O) groups is 2. The molecule has 1 atom stereocenters. The van der Waals surface area contributed by atoms with E-state index >= 15 is 0 Å². The molecule has 2 aliphatic rings. The van der Waals surface area contributed by atoms with Crippen molar-refractivity contribution < 1.29 is 14.3 Å². The number of benzene rings is 1. The summed E-state index contributed by atoms with van der Waals surface area (Å²) in [5, 5.41) is 2.98. The van der Waals surface area contributed by atoms with Crippen LogP contribution in [0.25, 0.3) is 0 Å². The van der Waals surface area contributed by atoms with Crippen molar-refractivity contribution in [3.8, 4) is 0 Å². The van der Waals surface area contributed by atoms with Gasteiger partial charge in [0, 0.05) is 38.3 Å². The minimum atomic E-state index is -0.503. The zero-order valence-corrected chi connectivity index (χ0v) is 14.9. The number of fused-ring (bicyclic) bond motifs is 1. The number of nitrogens with one attached hydrogen (secondary N) is 1. The van der Waals surface area contributed by atoms with E-state index in [0.717, 1.165) is 56.9 Å². The normalized spacial score (nSPS) is 19.9. The Hall–Kier alpha value is -1.92. The fourth-order valence-corrected chi connectivity index (χ4v) is 3.49. The summed E-state index contributed by atoms with van der Waals surface area (Å²) in [5.74, 6) is -0.0703. The summed E-state index contributed by atoms with van der Waals surface area (Å²) >= 11 is 0. The predicted molar refractivity (Wildman–Crippen MR) is 96.6 cm³/mol. The number of nitrogens with zero attached hydrogens (tertiary/aromatic N) is 2. The van der Waals surface area contributed by atoms with Gasteiger partial charge < -0.3 is 10.1 Å². The van der Waals surface area contributed by atoms with Crippen molar-refractivity contribution in [1.29, 1.82) is 0 Å². The highest BCUT2D eigenvalue weighted by Gasteiger charge is 2.30. The maximum atomic E-state index is 12.6. The van der Waals surface area contributed by atoms with Gasteiger partial charge in [-0.1, -0.05) is 18.2 Å². The molecule has 6 nitrogen and oxygen atoms in total. The van der Waals surface area contributed by atoms with Gasteiger partial charge in [0.1, 0.15) is 6.04 Å². The molecule has 1 aromatic carbocycles. The Labute approximate surface area is 149 Å². The molecular weight excluding hydrogens is 318 g/mol. The average Bonchev–Trinajstić information content (AvgIpc) is 2.80. The van der Waals surface area contributed by atoms with Crippen LogP contribution in [0.5, 0.6) is 0 Å². The number of ether oxygens (including phenoxy) is 1. The van der Waals surface area contributed by atoms with E-state index in [0.29, 0.717) is 13.0 Å². The molecule has 0 aromatic heterocycles. The Morgan fingerprint density at radius 1 is 1.24 bits per heavy atom. The molecule has 2 aliphatic heterocycles. The zero-order valence-electron chi connectivity index (χ0n) is 14.9. The zero-order chi connectivity index (χ0) is 17.6. The van der Waals surface area contributed by atoms with Gasteiger partial charge in [0.05, 0.1) is 13.2 Å². The van der Waals surface area contributed by atoms with Gasteiger partial charge in [-0.3, -0.25) is 19.4 Å². The lowest BCUT2D eigenvalue weighted by Gasteiger charge is -2.30. The topological polar surface area (TPSA) is 61.9 Å². The van der Waals surface area contributed by atoms with Crippen LogP contribution >= 0.6 is 0 Å². The number of aryl methyl sites for hydroxylation is 1. The average molecular weight is 345 g/mol. The molecule has 1 aromatic rings.